The molecule has 6 heteroatoms. The molecule has 0 unspecified atom stereocenters. The van der Waals surface area contributed by atoms with Crippen LogP contribution in [-0.4, -0.2) is 58.2 Å². The third-order valence-corrected chi connectivity index (χ3v) is 3.96. The molecule has 2 N–H and O–H groups in total. The molecule has 1 aromatic rings. The lowest BCUT2D eigenvalue weighted by Gasteiger charge is -2.45. The molecule has 0 spiro atoms. The Morgan fingerprint density at radius 1 is 1.41 bits per heavy atom. The topological polar surface area (TPSA) is 56.8 Å². The van der Waals surface area contributed by atoms with E-state index >= 15 is 0 Å². The van der Waals surface area contributed by atoms with Crippen LogP contribution in [0.5, 0.6) is 5.75 Å². The highest BCUT2D eigenvalue weighted by atomic mass is 16.5. The molecule has 2 rings (SSSR count). The number of likely N-dealkylation sites (N-methyl/N-ethyl adjacent to an activating group) is 1. The van der Waals surface area contributed by atoms with Crippen molar-refractivity contribution in [2.45, 2.75) is 6.04 Å². The summed E-state index contributed by atoms with van der Waals surface area (Å²) in [6.45, 7) is 5.35. The normalized spacial score (nSPS) is 14.5. The Morgan fingerprint density at radius 3 is 2.59 bits per heavy atom. The number of carbonyl (C=O) groups is 1. The van der Waals surface area contributed by atoms with Crippen molar-refractivity contribution >= 4 is 23.0 Å². The van der Waals surface area contributed by atoms with Gasteiger partial charge in [-0.3, -0.25) is 4.79 Å². The van der Waals surface area contributed by atoms with Crippen molar-refractivity contribution in [3.8, 4) is 5.75 Å². The van der Waals surface area contributed by atoms with Gasteiger partial charge in [0, 0.05) is 32.2 Å². The van der Waals surface area contributed by atoms with Crippen LogP contribution in [-0.2, 0) is 4.79 Å². The minimum Gasteiger partial charge on any atom is -0.495 e. The fourth-order valence-electron chi connectivity index (χ4n) is 2.46. The van der Waals surface area contributed by atoms with Gasteiger partial charge in [-0.05, 0) is 26.2 Å². The van der Waals surface area contributed by atoms with Gasteiger partial charge in [-0.2, -0.15) is 0 Å². The predicted octanol–water partition coefficient (Wildman–Crippen LogP) is 1.61. The number of carbonyl (C=O) groups excluding carboxylic acids is 1. The predicted molar refractivity (Wildman–Crippen MR) is 91.1 cm³/mol. The number of nitrogens with zero attached hydrogens (tertiary/aromatic N) is 2. The summed E-state index contributed by atoms with van der Waals surface area (Å²) < 4.78 is 5.42. The number of anilines is 3. The summed E-state index contributed by atoms with van der Waals surface area (Å²) in [5.74, 6) is 0.528. The second-order valence-corrected chi connectivity index (χ2v) is 5.54. The molecule has 22 heavy (non-hydrogen) atoms. The molecular weight excluding hydrogens is 280 g/mol. The van der Waals surface area contributed by atoms with Gasteiger partial charge in [0.05, 0.1) is 24.2 Å². The largest absolute Gasteiger partial charge is 0.495 e. The number of nitrogens with one attached hydrogen (secondary N) is 2. The van der Waals surface area contributed by atoms with Gasteiger partial charge in [0.25, 0.3) is 0 Å². The standard InChI is InChI=1S/C16H24N4O2/c1-6-16(21)18-12-7-13(17-2)15(22-5)8-14(12)20-9-11(10-20)19(3)4/h6-8,11,17H,1,9-10H2,2-5H3,(H,18,21). The van der Waals surface area contributed by atoms with Crippen molar-refractivity contribution in [3.05, 3.63) is 24.8 Å². The third kappa shape index (κ3) is 3.17. The number of rotatable bonds is 6. The molecule has 1 aliphatic rings. The van der Waals surface area contributed by atoms with Crippen LogP contribution >= 0.6 is 0 Å². The Hall–Kier alpha value is -2.21. The molecule has 0 atom stereocenters. The van der Waals surface area contributed by atoms with Crippen molar-refractivity contribution in [1.29, 1.82) is 0 Å². The molecule has 0 bridgehead atoms. The van der Waals surface area contributed by atoms with Gasteiger partial charge in [0.15, 0.2) is 0 Å². The Morgan fingerprint density at radius 2 is 2.09 bits per heavy atom. The van der Waals surface area contributed by atoms with E-state index in [2.05, 4.69) is 41.1 Å². The summed E-state index contributed by atoms with van der Waals surface area (Å²) in [6.07, 6.45) is 1.27. The van der Waals surface area contributed by atoms with Crippen molar-refractivity contribution in [1.82, 2.24) is 4.90 Å². The molecular formula is C16H24N4O2. The van der Waals surface area contributed by atoms with Gasteiger partial charge < -0.3 is 25.2 Å². The minimum atomic E-state index is -0.224. The highest BCUT2D eigenvalue weighted by Crippen LogP contribution is 2.39. The van der Waals surface area contributed by atoms with Crippen LogP contribution in [0, 0.1) is 0 Å². The quantitative estimate of drug-likeness (QED) is 0.782. The molecule has 0 aliphatic carbocycles. The summed E-state index contributed by atoms with van der Waals surface area (Å²) in [4.78, 5) is 16.1. The van der Waals surface area contributed by atoms with Gasteiger partial charge >= 0.3 is 0 Å². The number of hydrogen-bond acceptors (Lipinski definition) is 5. The lowest BCUT2D eigenvalue weighted by atomic mass is 10.1. The Kier molecular flexibility index (Phi) is 4.92. The van der Waals surface area contributed by atoms with Crippen LogP contribution in [0.15, 0.2) is 24.8 Å². The Bertz CT molecular complexity index is 566. The lowest BCUT2D eigenvalue weighted by molar-refractivity contribution is -0.111. The smallest absolute Gasteiger partial charge is 0.247 e. The first-order valence-electron chi connectivity index (χ1n) is 7.24. The monoisotopic (exact) mass is 304 g/mol. The molecule has 1 saturated heterocycles. The molecule has 1 amide bonds. The van der Waals surface area contributed by atoms with E-state index < -0.39 is 0 Å². The van der Waals surface area contributed by atoms with Gasteiger partial charge in [0.2, 0.25) is 5.91 Å². The molecule has 0 saturated carbocycles. The fourth-order valence-corrected chi connectivity index (χ4v) is 2.46. The summed E-state index contributed by atoms with van der Waals surface area (Å²) in [7, 11) is 7.61. The number of ether oxygens (including phenoxy) is 1. The molecule has 1 aromatic carbocycles. The maximum atomic E-state index is 11.7. The van der Waals surface area contributed by atoms with Crippen molar-refractivity contribution < 1.29 is 9.53 Å². The maximum absolute atomic E-state index is 11.7. The molecule has 0 radical (unpaired) electrons. The van der Waals surface area contributed by atoms with Crippen LogP contribution in [0.2, 0.25) is 0 Å². The fraction of sp³-hybridized carbons (Fsp3) is 0.438. The highest BCUT2D eigenvalue weighted by Gasteiger charge is 2.30. The van der Waals surface area contributed by atoms with Gasteiger partial charge in [-0.1, -0.05) is 6.58 Å². The first-order chi connectivity index (χ1) is 10.5. The van der Waals surface area contributed by atoms with E-state index in [0.29, 0.717) is 6.04 Å². The summed E-state index contributed by atoms with van der Waals surface area (Å²) in [5, 5.41) is 5.95. The second-order valence-electron chi connectivity index (χ2n) is 5.54. The van der Waals surface area contributed by atoms with Gasteiger partial charge in [0.1, 0.15) is 5.75 Å². The maximum Gasteiger partial charge on any atom is 0.247 e. The zero-order chi connectivity index (χ0) is 16.3. The van der Waals surface area contributed by atoms with E-state index in [-0.39, 0.29) is 5.91 Å². The van der Waals surface area contributed by atoms with E-state index in [1.807, 2.05) is 19.2 Å². The van der Waals surface area contributed by atoms with Crippen LogP contribution in [0.3, 0.4) is 0 Å². The molecule has 1 heterocycles. The number of amides is 1. The molecule has 0 aromatic heterocycles. The first-order valence-corrected chi connectivity index (χ1v) is 7.24. The van der Waals surface area contributed by atoms with Crippen molar-refractivity contribution in [2.75, 3.05) is 56.9 Å². The second kappa shape index (κ2) is 6.70. The molecule has 6 nitrogen and oxygen atoms in total. The van der Waals surface area contributed by atoms with Crippen LogP contribution in [0.25, 0.3) is 0 Å². The van der Waals surface area contributed by atoms with Crippen LogP contribution in [0.4, 0.5) is 17.1 Å². The average Bonchev–Trinajstić information content (AvgIpc) is 2.45. The minimum absolute atomic E-state index is 0.224. The summed E-state index contributed by atoms with van der Waals surface area (Å²) in [5.41, 5.74) is 2.55. The zero-order valence-electron chi connectivity index (χ0n) is 13.6. The Labute approximate surface area is 131 Å². The average molecular weight is 304 g/mol. The van der Waals surface area contributed by atoms with E-state index in [4.69, 9.17) is 4.74 Å². The zero-order valence-corrected chi connectivity index (χ0v) is 13.6. The summed E-state index contributed by atoms with van der Waals surface area (Å²) in [6, 6.07) is 4.37. The van der Waals surface area contributed by atoms with E-state index in [9.17, 15) is 4.79 Å². The Balaban J connectivity index is 2.32. The van der Waals surface area contributed by atoms with Crippen molar-refractivity contribution in [2.24, 2.45) is 0 Å². The SMILES string of the molecule is C=CC(=O)Nc1cc(NC)c(OC)cc1N1CC(N(C)C)C1. The van der Waals surface area contributed by atoms with Crippen LogP contribution in [0.1, 0.15) is 0 Å². The molecule has 120 valence electrons. The van der Waals surface area contributed by atoms with Crippen LogP contribution < -0.4 is 20.3 Å². The highest BCUT2D eigenvalue weighted by molar-refractivity contribution is 6.02. The van der Waals surface area contributed by atoms with E-state index in [1.54, 1.807) is 7.11 Å². The number of benzene rings is 1. The first kappa shape index (κ1) is 16.2. The van der Waals surface area contributed by atoms with Gasteiger partial charge in [-0.25, -0.2) is 0 Å². The molecule has 1 aliphatic heterocycles. The van der Waals surface area contributed by atoms with Crippen molar-refractivity contribution in [3.63, 3.8) is 0 Å². The van der Waals surface area contributed by atoms with E-state index in [0.717, 1.165) is 35.9 Å². The number of methoxy groups -OCH3 is 1. The van der Waals surface area contributed by atoms with Gasteiger partial charge in [-0.15, -0.1) is 0 Å². The number of hydrogen-bond donors (Lipinski definition) is 2. The third-order valence-electron chi connectivity index (χ3n) is 3.96. The molecule has 1 fully saturated rings. The lowest BCUT2D eigenvalue weighted by Crippen LogP contribution is -2.57. The van der Waals surface area contributed by atoms with E-state index in [1.165, 1.54) is 6.08 Å². The summed E-state index contributed by atoms with van der Waals surface area (Å²) >= 11 is 0.